The third-order valence-electron chi connectivity index (χ3n) is 2.69. The first-order valence-electron chi connectivity index (χ1n) is 5.66. The van der Waals surface area contributed by atoms with E-state index in [-0.39, 0.29) is 6.04 Å². The maximum atomic E-state index is 5.59. The Kier molecular flexibility index (Phi) is 4.29. The van der Waals surface area contributed by atoms with Crippen molar-refractivity contribution in [2.24, 2.45) is 11.8 Å². The van der Waals surface area contributed by atoms with Crippen molar-refractivity contribution in [3.8, 4) is 0 Å². The van der Waals surface area contributed by atoms with Crippen molar-refractivity contribution in [1.82, 2.24) is 15.2 Å². The van der Waals surface area contributed by atoms with Gasteiger partial charge in [0.1, 0.15) is 0 Å². The smallest absolute Gasteiger partial charge is 0.0652 e. The summed E-state index contributed by atoms with van der Waals surface area (Å²) in [7, 11) is 0. The number of hydrazine groups is 1. The molecule has 0 amide bonds. The fraction of sp³-hybridized carbons (Fsp3) is 0.727. The van der Waals surface area contributed by atoms with E-state index in [0.29, 0.717) is 5.92 Å². The minimum Gasteiger partial charge on any atom is -0.271 e. The Morgan fingerprint density at radius 1 is 1.47 bits per heavy atom. The zero-order chi connectivity index (χ0) is 11.4. The molecular weight excluding hydrogens is 188 g/mol. The molecule has 1 rings (SSSR count). The predicted molar refractivity (Wildman–Crippen MR) is 62.2 cm³/mol. The molecule has 0 aliphatic heterocycles. The zero-order valence-electron chi connectivity index (χ0n) is 10.1. The summed E-state index contributed by atoms with van der Waals surface area (Å²) in [5.41, 5.74) is 5.19. The largest absolute Gasteiger partial charge is 0.271 e. The number of aryl methyl sites for hydroxylation is 2. The van der Waals surface area contributed by atoms with E-state index in [4.69, 9.17) is 5.84 Å². The van der Waals surface area contributed by atoms with Crippen molar-refractivity contribution in [2.45, 2.75) is 46.7 Å². The molecule has 3 N–H and O–H groups in total. The summed E-state index contributed by atoms with van der Waals surface area (Å²) in [4.78, 5) is 0. The summed E-state index contributed by atoms with van der Waals surface area (Å²) in [5.74, 6) is 6.05. The lowest BCUT2D eigenvalue weighted by Crippen LogP contribution is -2.33. The lowest BCUT2D eigenvalue weighted by Gasteiger charge is -2.20. The van der Waals surface area contributed by atoms with Gasteiger partial charge >= 0.3 is 0 Å². The molecule has 0 aliphatic rings. The fourth-order valence-corrected chi connectivity index (χ4v) is 1.78. The summed E-state index contributed by atoms with van der Waals surface area (Å²) in [6, 6.07) is 2.33. The van der Waals surface area contributed by atoms with E-state index in [1.165, 1.54) is 5.69 Å². The van der Waals surface area contributed by atoms with E-state index in [9.17, 15) is 0 Å². The first-order valence-corrected chi connectivity index (χ1v) is 5.66. The molecule has 1 heterocycles. The van der Waals surface area contributed by atoms with Crippen molar-refractivity contribution in [2.75, 3.05) is 0 Å². The number of nitrogens with zero attached hydrogens (tertiary/aromatic N) is 2. The summed E-state index contributed by atoms with van der Waals surface area (Å²) < 4.78 is 2.03. The second kappa shape index (κ2) is 5.28. The SMILES string of the molecule is CCc1cc(C(NN)C(C)C)n(CC)n1. The van der Waals surface area contributed by atoms with E-state index in [1.54, 1.807) is 0 Å². The van der Waals surface area contributed by atoms with Gasteiger partial charge in [-0.3, -0.25) is 16.0 Å². The van der Waals surface area contributed by atoms with Crippen LogP contribution in [0.2, 0.25) is 0 Å². The van der Waals surface area contributed by atoms with Crippen molar-refractivity contribution in [1.29, 1.82) is 0 Å². The molecule has 0 saturated heterocycles. The Bertz CT molecular complexity index is 304. The summed E-state index contributed by atoms with van der Waals surface area (Å²) in [6.45, 7) is 9.42. The number of nitrogens with one attached hydrogen (secondary N) is 1. The molecular formula is C11H22N4. The van der Waals surface area contributed by atoms with Crippen LogP contribution in [0.1, 0.15) is 45.1 Å². The van der Waals surface area contributed by atoms with Gasteiger partial charge in [-0.15, -0.1) is 0 Å². The highest BCUT2D eigenvalue weighted by Crippen LogP contribution is 2.21. The molecule has 0 fully saturated rings. The van der Waals surface area contributed by atoms with Crippen LogP contribution in [0.25, 0.3) is 0 Å². The Morgan fingerprint density at radius 3 is 2.53 bits per heavy atom. The van der Waals surface area contributed by atoms with E-state index < -0.39 is 0 Å². The molecule has 1 aromatic rings. The number of hydrogen-bond acceptors (Lipinski definition) is 3. The van der Waals surface area contributed by atoms with E-state index >= 15 is 0 Å². The Morgan fingerprint density at radius 2 is 2.13 bits per heavy atom. The van der Waals surface area contributed by atoms with Gasteiger partial charge in [0, 0.05) is 6.54 Å². The number of nitrogens with two attached hydrogens (primary N) is 1. The van der Waals surface area contributed by atoms with E-state index in [0.717, 1.165) is 18.7 Å². The normalized spacial score (nSPS) is 13.5. The molecule has 0 spiro atoms. The predicted octanol–water partition coefficient (Wildman–Crippen LogP) is 1.63. The second-order valence-electron chi connectivity index (χ2n) is 4.12. The molecule has 4 nitrogen and oxygen atoms in total. The van der Waals surface area contributed by atoms with Crippen molar-refractivity contribution in [3.63, 3.8) is 0 Å². The first kappa shape index (κ1) is 12.2. The lowest BCUT2D eigenvalue weighted by atomic mass is 10.0. The van der Waals surface area contributed by atoms with Crippen LogP contribution in [-0.4, -0.2) is 9.78 Å². The van der Waals surface area contributed by atoms with E-state index in [2.05, 4.69) is 44.3 Å². The number of rotatable bonds is 5. The Balaban J connectivity index is 3.04. The highest BCUT2D eigenvalue weighted by Gasteiger charge is 2.19. The van der Waals surface area contributed by atoms with Gasteiger partial charge in [-0.25, -0.2) is 0 Å². The van der Waals surface area contributed by atoms with Crippen LogP contribution in [0.3, 0.4) is 0 Å². The van der Waals surface area contributed by atoms with Crippen LogP contribution in [0.5, 0.6) is 0 Å². The third-order valence-corrected chi connectivity index (χ3v) is 2.69. The Hall–Kier alpha value is -0.870. The molecule has 4 heteroatoms. The molecule has 0 radical (unpaired) electrons. The highest BCUT2D eigenvalue weighted by molar-refractivity contribution is 5.15. The molecule has 0 saturated carbocycles. The first-order chi connectivity index (χ1) is 7.13. The maximum Gasteiger partial charge on any atom is 0.0652 e. The Labute approximate surface area is 91.8 Å². The molecule has 0 aromatic carbocycles. The van der Waals surface area contributed by atoms with Gasteiger partial charge in [0.15, 0.2) is 0 Å². The minimum absolute atomic E-state index is 0.178. The zero-order valence-corrected chi connectivity index (χ0v) is 10.1. The highest BCUT2D eigenvalue weighted by atomic mass is 15.3. The summed E-state index contributed by atoms with van der Waals surface area (Å²) >= 11 is 0. The average molecular weight is 210 g/mol. The topological polar surface area (TPSA) is 55.9 Å². The van der Waals surface area contributed by atoms with Crippen LogP contribution < -0.4 is 11.3 Å². The van der Waals surface area contributed by atoms with Crippen molar-refractivity contribution in [3.05, 3.63) is 17.5 Å². The van der Waals surface area contributed by atoms with Gasteiger partial charge in [0.05, 0.1) is 17.4 Å². The van der Waals surface area contributed by atoms with Gasteiger partial charge in [0.2, 0.25) is 0 Å². The lowest BCUT2D eigenvalue weighted by molar-refractivity contribution is 0.391. The quantitative estimate of drug-likeness (QED) is 0.573. The molecule has 1 aromatic heterocycles. The molecule has 86 valence electrons. The standard InChI is InChI=1S/C11H22N4/c1-5-9-7-10(15(6-2)14-9)11(13-12)8(3)4/h7-8,11,13H,5-6,12H2,1-4H3. The average Bonchev–Trinajstić information content (AvgIpc) is 2.61. The summed E-state index contributed by atoms with van der Waals surface area (Å²) in [5, 5.41) is 4.52. The summed E-state index contributed by atoms with van der Waals surface area (Å²) in [6.07, 6.45) is 0.968. The van der Waals surface area contributed by atoms with Gasteiger partial charge in [0.25, 0.3) is 0 Å². The molecule has 0 bridgehead atoms. The van der Waals surface area contributed by atoms with Gasteiger partial charge in [-0.05, 0) is 25.3 Å². The van der Waals surface area contributed by atoms with Gasteiger partial charge in [-0.1, -0.05) is 20.8 Å². The molecule has 0 aliphatic carbocycles. The van der Waals surface area contributed by atoms with Crippen LogP contribution in [0.4, 0.5) is 0 Å². The molecule has 1 atom stereocenters. The van der Waals surface area contributed by atoms with E-state index in [1.807, 2.05) is 4.68 Å². The van der Waals surface area contributed by atoms with Crippen molar-refractivity contribution < 1.29 is 0 Å². The maximum absolute atomic E-state index is 5.59. The van der Waals surface area contributed by atoms with Crippen molar-refractivity contribution >= 4 is 0 Å². The third kappa shape index (κ3) is 2.58. The van der Waals surface area contributed by atoms with Gasteiger partial charge in [-0.2, -0.15) is 5.10 Å². The minimum atomic E-state index is 0.178. The number of hydrogen-bond donors (Lipinski definition) is 2. The van der Waals surface area contributed by atoms with Gasteiger partial charge < -0.3 is 0 Å². The van der Waals surface area contributed by atoms with Crippen LogP contribution in [-0.2, 0) is 13.0 Å². The number of aromatic nitrogens is 2. The molecule has 15 heavy (non-hydrogen) atoms. The monoisotopic (exact) mass is 210 g/mol. The second-order valence-corrected chi connectivity index (χ2v) is 4.12. The molecule has 1 unspecified atom stereocenters. The fourth-order valence-electron chi connectivity index (χ4n) is 1.78. The van der Waals surface area contributed by atoms with Crippen LogP contribution in [0, 0.1) is 5.92 Å². The van der Waals surface area contributed by atoms with Crippen LogP contribution in [0.15, 0.2) is 6.07 Å². The van der Waals surface area contributed by atoms with Crippen LogP contribution >= 0.6 is 0 Å².